The van der Waals surface area contributed by atoms with Gasteiger partial charge in [-0.2, -0.15) is 5.10 Å². The Morgan fingerprint density at radius 2 is 1.88 bits per heavy atom. The molecule has 2 aromatic carbocycles. The van der Waals surface area contributed by atoms with Gasteiger partial charge in [-0.3, -0.25) is 14.4 Å². The fourth-order valence-electron chi connectivity index (χ4n) is 4.67. The molecule has 0 spiro atoms. The van der Waals surface area contributed by atoms with E-state index in [0.717, 1.165) is 10.6 Å². The number of aromatic nitrogens is 4. The van der Waals surface area contributed by atoms with Gasteiger partial charge in [-0.1, -0.05) is 36.4 Å². The van der Waals surface area contributed by atoms with Gasteiger partial charge in [0.05, 0.1) is 36.3 Å². The third-order valence-electron chi connectivity index (χ3n) is 6.74. The lowest BCUT2D eigenvalue weighted by Gasteiger charge is -2.23. The summed E-state index contributed by atoms with van der Waals surface area (Å²) in [5, 5.41) is 13.3. The van der Waals surface area contributed by atoms with Crippen molar-refractivity contribution in [2.24, 2.45) is 0 Å². The van der Waals surface area contributed by atoms with E-state index in [0.29, 0.717) is 54.7 Å². The number of benzene rings is 2. The summed E-state index contributed by atoms with van der Waals surface area (Å²) in [5.74, 6) is 0.891. The Hall–Kier alpha value is -4.58. The number of ether oxygens (including phenoxy) is 1. The zero-order chi connectivity index (χ0) is 29.5. The Morgan fingerprint density at radius 1 is 1.07 bits per heavy atom. The predicted molar refractivity (Wildman–Crippen MR) is 158 cm³/mol. The van der Waals surface area contributed by atoms with Crippen LogP contribution in [0.15, 0.2) is 60.0 Å². The molecule has 0 unspecified atom stereocenters. The van der Waals surface area contributed by atoms with Gasteiger partial charge in [0.25, 0.3) is 5.91 Å². The SMILES string of the molecule is Cc1nc(CC(=O)N2CCCNC(=O)c3cccc(c3)OCCn3nc(-c4ccccc4)nc3[C@H](C)NC(=O)C2)cs1. The number of aryl methyl sites for hydroxylation is 1. The van der Waals surface area contributed by atoms with Crippen LogP contribution < -0.4 is 15.4 Å². The Morgan fingerprint density at radius 3 is 2.67 bits per heavy atom. The molecule has 3 heterocycles. The number of fused-ring (bicyclic) bond motifs is 3. The van der Waals surface area contributed by atoms with Crippen LogP contribution in [-0.2, 0) is 22.6 Å². The first-order valence-electron chi connectivity index (χ1n) is 13.8. The number of thiazole rings is 1. The number of carbonyl (C=O) groups is 3. The zero-order valence-electron chi connectivity index (χ0n) is 23.6. The van der Waals surface area contributed by atoms with Crippen LogP contribution in [0.2, 0.25) is 0 Å². The fraction of sp³-hybridized carbons (Fsp3) is 0.333. The normalized spacial score (nSPS) is 16.8. The van der Waals surface area contributed by atoms with E-state index >= 15 is 0 Å². The molecule has 0 saturated heterocycles. The molecule has 0 saturated carbocycles. The third-order valence-corrected chi connectivity index (χ3v) is 7.56. The monoisotopic (exact) mass is 587 g/mol. The van der Waals surface area contributed by atoms with Gasteiger partial charge in [-0.05, 0) is 38.5 Å². The van der Waals surface area contributed by atoms with Crippen molar-refractivity contribution >= 4 is 29.1 Å². The summed E-state index contributed by atoms with van der Waals surface area (Å²) in [6.45, 7) is 4.87. The maximum atomic E-state index is 13.3. The summed E-state index contributed by atoms with van der Waals surface area (Å²) >= 11 is 1.48. The molecule has 11 nitrogen and oxygen atoms in total. The summed E-state index contributed by atoms with van der Waals surface area (Å²) in [7, 11) is 0. The molecule has 2 N–H and O–H groups in total. The predicted octanol–water partition coefficient (Wildman–Crippen LogP) is 3.17. The van der Waals surface area contributed by atoms with E-state index in [1.807, 2.05) is 49.6 Å². The Kier molecular flexibility index (Phi) is 9.22. The Bertz CT molecular complexity index is 1550. The van der Waals surface area contributed by atoms with Crippen molar-refractivity contribution in [2.45, 2.75) is 39.3 Å². The van der Waals surface area contributed by atoms with Crippen molar-refractivity contribution in [1.29, 1.82) is 0 Å². The standard InChI is InChI=1S/C30H33N7O4S/c1-20-29-34-28(22-8-4-3-5-9-22)35-37(29)14-15-41-25-11-6-10-23(16-25)30(40)31-12-7-13-36(18-26(38)32-20)27(39)17-24-19-42-21(2)33-24/h3-6,8-11,16,19-20H,7,12-15,17-18H2,1-2H3,(H,31,40)(H,32,38)/t20-/m0/s1. The Balaban J connectivity index is 1.41. The molecule has 2 bridgehead atoms. The molecule has 42 heavy (non-hydrogen) atoms. The summed E-state index contributed by atoms with van der Waals surface area (Å²) in [6, 6.07) is 16.1. The van der Waals surface area contributed by atoms with Crippen LogP contribution in [0.25, 0.3) is 11.4 Å². The first-order chi connectivity index (χ1) is 20.4. The first kappa shape index (κ1) is 28.9. The number of hydrogen-bond acceptors (Lipinski definition) is 8. The van der Waals surface area contributed by atoms with Crippen molar-refractivity contribution < 1.29 is 19.1 Å². The Labute approximate surface area is 247 Å². The van der Waals surface area contributed by atoms with Crippen molar-refractivity contribution in [2.75, 3.05) is 26.2 Å². The van der Waals surface area contributed by atoms with E-state index in [-0.39, 0.29) is 37.3 Å². The van der Waals surface area contributed by atoms with E-state index in [1.54, 1.807) is 28.9 Å². The minimum absolute atomic E-state index is 0.0983. The van der Waals surface area contributed by atoms with E-state index in [4.69, 9.17) is 14.8 Å². The molecule has 5 rings (SSSR count). The molecule has 1 aliphatic rings. The second-order valence-electron chi connectivity index (χ2n) is 10.0. The second kappa shape index (κ2) is 13.4. The van der Waals surface area contributed by atoms with E-state index in [2.05, 4.69) is 15.6 Å². The quantitative estimate of drug-likeness (QED) is 0.376. The second-order valence-corrected chi connectivity index (χ2v) is 11.1. The molecule has 0 fully saturated rings. The molecule has 4 aromatic rings. The van der Waals surface area contributed by atoms with Gasteiger partial charge in [0, 0.05) is 29.6 Å². The molecular formula is C30H33N7O4S. The summed E-state index contributed by atoms with van der Waals surface area (Å²) in [5.41, 5.74) is 2.00. The van der Waals surface area contributed by atoms with Crippen LogP contribution in [0.1, 0.15) is 46.3 Å². The lowest BCUT2D eigenvalue weighted by atomic mass is 10.2. The van der Waals surface area contributed by atoms with E-state index < -0.39 is 6.04 Å². The van der Waals surface area contributed by atoms with Gasteiger partial charge in [0.15, 0.2) is 5.82 Å². The van der Waals surface area contributed by atoms with E-state index in [1.165, 1.54) is 16.2 Å². The average Bonchev–Trinajstić information content (AvgIpc) is 3.60. The topological polar surface area (TPSA) is 131 Å². The molecule has 218 valence electrons. The number of rotatable bonds is 3. The molecule has 0 aliphatic carbocycles. The molecule has 0 radical (unpaired) electrons. The minimum Gasteiger partial charge on any atom is -0.492 e. The molecule has 1 aliphatic heterocycles. The highest BCUT2D eigenvalue weighted by atomic mass is 32.1. The van der Waals surface area contributed by atoms with Crippen molar-refractivity contribution in [3.63, 3.8) is 0 Å². The lowest BCUT2D eigenvalue weighted by Crippen LogP contribution is -2.43. The fourth-order valence-corrected chi connectivity index (χ4v) is 5.29. The number of hydrogen-bond donors (Lipinski definition) is 2. The van der Waals surface area contributed by atoms with Crippen molar-refractivity contribution in [3.05, 3.63) is 82.1 Å². The molecular weight excluding hydrogens is 554 g/mol. The van der Waals surface area contributed by atoms with Crippen molar-refractivity contribution in [1.82, 2.24) is 35.3 Å². The average molecular weight is 588 g/mol. The maximum Gasteiger partial charge on any atom is 0.251 e. The lowest BCUT2D eigenvalue weighted by molar-refractivity contribution is -0.135. The third kappa shape index (κ3) is 7.38. The van der Waals surface area contributed by atoms with Crippen LogP contribution >= 0.6 is 11.3 Å². The van der Waals surface area contributed by atoms with Gasteiger partial charge in [-0.25, -0.2) is 14.6 Å². The molecule has 2 aromatic heterocycles. The van der Waals surface area contributed by atoms with Crippen LogP contribution in [0.3, 0.4) is 0 Å². The highest BCUT2D eigenvalue weighted by Gasteiger charge is 2.23. The van der Waals surface area contributed by atoms with Crippen LogP contribution in [0.4, 0.5) is 0 Å². The number of amides is 3. The van der Waals surface area contributed by atoms with Gasteiger partial charge in [0.2, 0.25) is 11.8 Å². The van der Waals surface area contributed by atoms with Gasteiger partial charge < -0.3 is 20.3 Å². The molecule has 1 atom stereocenters. The van der Waals surface area contributed by atoms with Crippen LogP contribution in [0, 0.1) is 6.92 Å². The molecule has 3 amide bonds. The van der Waals surface area contributed by atoms with Gasteiger partial charge >= 0.3 is 0 Å². The first-order valence-corrected chi connectivity index (χ1v) is 14.7. The number of nitrogens with one attached hydrogen (secondary N) is 2. The highest BCUT2D eigenvalue weighted by molar-refractivity contribution is 7.09. The van der Waals surface area contributed by atoms with Crippen LogP contribution in [0.5, 0.6) is 5.75 Å². The summed E-state index contributed by atoms with van der Waals surface area (Å²) in [6.07, 6.45) is 0.572. The van der Waals surface area contributed by atoms with Crippen LogP contribution in [-0.4, -0.2) is 68.6 Å². The van der Waals surface area contributed by atoms with E-state index in [9.17, 15) is 14.4 Å². The summed E-state index contributed by atoms with van der Waals surface area (Å²) in [4.78, 5) is 49.9. The zero-order valence-corrected chi connectivity index (χ0v) is 24.4. The van der Waals surface area contributed by atoms with Crippen molar-refractivity contribution in [3.8, 4) is 17.1 Å². The minimum atomic E-state index is -0.484. The summed E-state index contributed by atoms with van der Waals surface area (Å²) < 4.78 is 7.68. The number of nitrogens with zero attached hydrogens (tertiary/aromatic N) is 5. The molecule has 12 heteroatoms. The van der Waals surface area contributed by atoms with Gasteiger partial charge in [0.1, 0.15) is 18.2 Å². The smallest absolute Gasteiger partial charge is 0.251 e. The van der Waals surface area contributed by atoms with Gasteiger partial charge in [-0.15, -0.1) is 11.3 Å². The number of carbonyl (C=O) groups excluding carboxylic acids is 3. The maximum absolute atomic E-state index is 13.3. The highest BCUT2D eigenvalue weighted by Crippen LogP contribution is 2.20. The largest absolute Gasteiger partial charge is 0.492 e.